The van der Waals surface area contributed by atoms with Gasteiger partial charge in [-0.25, -0.2) is 9.36 Å². The van der Waals surface area contributed by atoms with Crippen LogP contribution in [0.25, 0.3) is 22.5 Å². The topological polar surface area (TPSA) is 34.1 Å². The lowest BCUT2D eigenvalue weighted by Crippen LogP contribution is -2.25. The van der Waals surface area contributed by atoms with Gasteiger partial charge >= 0.3 is 5.63 Å². The first kappa shape index (κ1) is 10.7. The molecule has 1 aromatic rings. The van der Waals surface area contributed by atoms with Gasteiger partial charge in [-0.15, -0.1) is 0 Å². The van der Waals surface area contributed by atoms with Gasteiger partial charge < -0.3 is 4.42 Å². The lowest BCUT2D eigenvalue weighted by Gasteiger charge is -1.96. The van der Waals surface area contributed by atoms with Gasteiger partial charge in [-0.2, -0.15) is 0 Å². The van der Waals surface area contributed by atoms with Crippen molar-refractivity contribution in [3.63, 3.8) is 0 Å². The van der Waals surface area contributed by atoms with E-state index in [0.717, 1.165) is 11.1 Å². The van der Waals surface area contributed by atoms with E-state index in [0.29, 0.717) is 11.3 Å². The van der Waals surface area contributed by atoms with E-state index in [4.69, 9.17) is 4.42 Å². The van der Waals surface area contributed by atoms with Gasteiger partial charge in [-0.3, -0.25) is 0 Å². The molecule has 0 atom stereocenters. The Kier molecular flexibility index (Phi) is 2.45. The highest BCUT2D eigenvalue weighted by Crippen LogP contribution is 2.30. The largest absolute Gasteiger partial charge is 0.422 e. The lowest BCUT2D eigenvalue weighted by atomic mass is 10.0. The molecule has 3 rings (SSSR count). The second kappa shape index (κ2) is 4.11. The van der Waals surface area contributed by atoms with Crippen LogP contribution in [0.4, 0.5) is 0 Å². The molecular weight excluding hydrogens is 226 g/mol. The van der Waals surface area contributed by atoms with Crippen molar-refractivity contribution >= 4 is 0 Å². The number of aryl methyl sites for hydroxylation is 1. The van der Waals surface area contributed by atoms with Crippen LogP contribution in [0, 0.1) is 0 Å². The predicted molar refractivity (Wildman–Crippen MR) is 68.2 cm³/mol. The Morgan fingerprint density at radius 2 is 1.72 bits per heavy atom. The molecule has 0 fully saturated rings. The van der Waals surface area contributed by atoms with Crippen molar-refractivity contribution in [1.82, 2.24) is 0 Å². The van der Waals surface area contributed by atoms with Crippen molar-refractivity contribution < 1.29 is 8.98 Å². The van der Waals surface area contributed by atoms with Crippen molar-refractivity contribution in [2.45, 2.75) is 0 Å². The molecular formula is C15H12NO2+. The number of nitrogens with zero attached hydrogens (tertiary/aromatic N) is 1. The third-order valence-corrected chi connectivity index (χ3v) is 2.94. The second-order valence-electron chi connectivity index (χ2n) is 4.21. The number of rotatable bonds is 1. The summed E-state index contributed by atoms with van der Waals surface area (Å²) in [6.45, 7) is 0. The first-order valence-corrected chi connectivity index (χ1v) is 5.73. The molecule has 0 aromatic carbocycles. The Balaban J connectivity index is 2.29. The van der Waals surface area contributed by atoms with Crippen LogP contribution in [-0.4, -0.2) is 0 Å². The minimum atomic E-state index is -0.287. The number of aromatic nitrogens is 1. The van der Waals surface area contributed by atoms with Gasteiger partial charge in [-0.05, 0) is 6.07 Å². The number of pyridine rings is 1. The summed E-state index contributed by atoms with van der Waals surface area (Å²) in [5, 5.41) is 0. The fraction of sp³-hybridized carbons (Fsp3) is 0.0667. The first-order valence-electron chi connectivity index (χ1n) is 5.73. The van der Waals surface area contributed by atoms with Crippen molar-refractivity contribution in [1.29, 1.82) is 0 Å². The second-order valence-corrected chi connectivity index (χ2v) is 4.21. The van der Waals surface area contributed by atoms with Crippen LogP contribution in [0.2, 0.25) is 0 Å². The highest BCUT2D eigenvalue weighted by atomic mass is 16.4. The molecule has 2 heterocycles. The molecule has 88 valence electrons. The van der Waals surface area contributed by atoms with Crippen LogP contribution in [0.5, 0.6) is 0 Å². The highest BCUT2D eigenvalue weighted by molar-refractivity contribution is 5.81. The van der Waals surface area contributed by atoms with Crippen LogP contribution < -0.4 is 10.2 Å². The molecule has 0 amide bonds. The van der Waals surface area contributed by atoms with Crippen LogP contribution in [0.1, 0.15) is 0 Å². The Labute approximate surface area is 104 Å². The fourth-order valence-corrected chi connectivity index (χ4v) is 2.03. The van der Waals surface area contributed by atoms with Gasteiger partial charge in [0, 0.05) is 23.3 Å². The van der Waals surface area contributed by atoms with Crippen LogP contribution in [0.3, 0.4) is 0 Å². The summed E-state index contributed by atoms with van der Waals surface area (Å²) in [5.41, 5.74) is 2.06. The predicted octanol–water partition coefficient (Wildman–Crippen LogP) is 2.24. The van der Waals surface area contributed by atoms with Crippen molar-refractivity contribution in [2.75, 3.05) is 0 Å². The minimum Gasteiger partial charge on any atom is -0.422 e. The molecule has 18 heavy (non-hydrogen) atoms. The van der Waals surface area contributed by atoms with E-state index in [-0.39, 0.29) is 5.63 Å². The van der Waals surface area contributed by atoms with E-state index in [1.54, 1.807) is 0 Å². The SMILES string of the molecule is C[n+]1ccc(-c2c3cccccc-3oc2=O)cc1. The van der Waals surface area contributed by atoms with Gasteiger partial charge in [0.15, 0.2) is 12.4 Å². The van der Waals surface area contributed by atoms with Gasteiger partial charge in [0.2, 0.25) is 0 Å². The maximum absolute atomic E-state index is 12.0. The maximum atomic E-state index is 12.0. The quantitative estimate of drug-likeness (QED) is 0.609. The van der Waals surface area contributed by atoms with Gasteiger partial charge in [-0.1, -0.05) is 24.3 Å². The molecule has 0 radical (unpaired) electrons. The maximum Gasteiger partial charge on any atom is 0.344 e. The van der Waals surface area contributed by atoms with E-state index in [1.165, 1.54) is 0 Å². The summed E-state index contributed by atoms with van der Waals surface area (Å²) in [5.74, 6) is 0.619. The summed E-state index contributed by atoms with van der Waals surface area (Å²) < 4.78 is 7.21. The molecule has 2 aliphatic rings. The Hall–Kier alpha value is -2.42. The third kappa shape index (κ3) is 1.70. The zero-order chi connectivity index (χ0) is 12.5. The summed E-state index contributed by atoms with van der Waals surface area (Å²) in [6.07, 6.45) is 3.83. The third-order valence-electron chi connectivity index (χ3n) is 2.94. The minimum absolute atomic E-state index is 0.287. The van der Waals surface area contributed by atoms with E-state index in [1.807, 2.05) is 66.5 Å². The average molecular weight is 238 g/mol. The average Bonchev–Trinajstić information content (AvgIpc) is 2.54. The van der Waals surface area contributed by atoms with Crippen LogP contribution in [-0.2, 0) is 7.05 Å². The molecule has 0 N–H and O–H groups in total. The monoisotopic (exact) mass is 238 g/mol. The zero-order valence-electron chi connectivity index (χ0n) is 9.96. The number of fused-ring (bicyclic) bond motifs is 1. The molecule has 1 aliphatic heterocycles. The molecule has 1 aliphatic carbocycles. The van der Waals surface area contributed by atoms with E-state index in [2.05, 4.69) is 0 Å². The molecule has 1 aromatic heterocycles. The fourth-order valence-electron chi connectivity index (χ4n) is 2.03. The van der Waals surface area contributed by atoms with Gasteiger partial charge in [0.05, 0.1) is 5.56 Å². The molecule has 0 saturated heterocycles. The summed E-state index contributed by atoms with van der Waals surface area (Å²) in [6, 6.07) is 13.2. The molecule has 3 nitrogen and oxygen atoms in total. The van der Waals surface area contributed by atoms with Crippen molar-refractivity contribution in [2.24, 2.45) is 7.05 Å². The molecule has 0 saturated carbocycles. The Bertz CT molecular complexity index is 713. The lowest BCUT2D eigenvalue weighted by molar-refractivity contribution is -0.671. The van der Waals surface area contributed by atoms with E-state index in [9.17, 15) is 4.79 Å². The van der Waals surface area contributed by atoms with Crippen molar-refractivity contribution in [3.05, 3.63) is 65.3 Å². The molecule has 3 heteroatoms. The molecule has 0 spiro atoms. The van der Waals surface area contributed by atoms with Crippen molar-refractivity contribution in [3.8, 4) is 22.5 Å². The van der Waals surface area contributed by atoms with Gasteiger partial charge in [0.25, 0.3) is 0 Å². The molecule has 0 unspecified atom stereocenters. The first-order chi connectivity index (χ1) is 8.75. The van der Waals surface area contributed by atoms with E-state index >= 15 is 0 Å². The smallest absolute Gasteiger partial charge is 0.344 e. The number of furan rings is 1. The van der Waals surface area contributed by atoms with E-state index < -0.39 is 0 Å². The highest BCUT2D eigenvalue weighted by Gasteiger charge is 2.18. The zero-order valence-corrected chi connectivity index (χ0v) is 9.96. The number of hydrogen-bond acceptors (Lipinski definition) is 2. The normalized spacial score (nSPS) is 10.7. The van der Waals surface area contributed by atoms with Crippen LogP contribution in [0.15, 0.2) is 64.1 Å². The standard InChI is InChI=1S/C15H12NO2/c1-16-9-7-11(8-10-16)14-12-5-3-2-4-6-13(12)18-15(14)17/h2-10H,1H3/q+1. The Morgan fingerprint density at radius 1 is 1.00 bits per heavy atom. The summed E-state index contributed by atoms with van der Waals surface area (Å²) in [4.78, 5) is 12.0. The van der Waals surface area contributed by atoms with Crippen LogP contribution >= 0.6 is 0 Å². The summed E-state index contributed by atoms with van der Waals surface area (Å²) >= 11 is 0. The summed E-state index contributed by atoms with van der Waals surface area (Å²) in [7, 11) is 1.94. The molecule has 0 bridgehead atoms. The Morgan fingerprint density at radius 3 is 2.50 bits per heavy atom. The number of hydrogen-bond donors (Lipinski definition) is 0. The van der Waals surface area contributed by atoms with Gasteiger partial charge in [0.1, 0.15) is 12.8 Å².